The molecule has 0 bridgehead atoms. The van der Waals surface area contributed by atoms with Gasteiger partial charge in [0.15, 0.2) is 0 Å². The lowest BCUT2D eigenvalue weighted by molar-refractivity contribution is 0.188. The van der Waals surface area contributed by atoms with Crippen molar-refractivity contribution in [3.63, 3.8) is 0 Å². The van der Waals surface area contributed by atoms with Crippen molar-refractivity contribution in [1.29, 1.82) is 5.26 Å². The van der Waals surface area contributed by atoms with Crippen LogP contribution in [0.15, 0.2) is 0 Å². The van der Waals surface area contributed by atoms with Crippen molar-refractivity contribution < 1.29 is 4.74 Å². The van der Waals surface area contributed by atoms with Crippen LogP contribution in [0.2, 0.25) is 0 Å². The molecular weight excluding hydrogens is 158 g/mol. The molecular formula is C8H13NOS. The van der Waals surface area contributed by atoms with Gasteiger partial charge in [0.2, 0.25) is 0 Å². The van der Waals surface area contributed by atoms with Crippen molar-refractivity contribution in [3.05, 3.63) is 0 Å². The van der Waals surface area contributed by atoms with Crippen LogP contribution >= 0.6 is 11.8 Å². The monoisotopic (exact) mass is 171 g/mol. The van der Waals surface area contributed by atoms with Gasteiger partial charge in [0.25, 0.3) is 0 Å². The third-order valence-corrected chi connectivity index (χ3v) is 3.56. The van der Waals surface area contributed by atoms with Gasteiger partial charge in [-0.2, -0.15) is 5.26 Å². The molecule has 0 saturated carbocycles. The molecule has 0 radical (unpaired) electrons. The van der Waals surface area contributed by atoms with E-state index in [0.717, 1.165) is 18.6 Å². The molecule has 1 atom stereocenters. The molecule has 62 valence electrons. The lowest BCUT2D eigenvalue weighted by Gasteiger charge is -2.17. The highest BCUT2D eigenvalue weighted by atomic mass is 32.2. The molecule has 3 heteroatoms. The van der Waals surface area contributed by atoms with Crippen molar-refractivity contribution in [3.8, 4) is 6.07 Å². The third kappa shape index (κ3) is 2.11. The van der Waals surface area contributed by atoms with Crippen LogP contribution < -0.4 is 0 Å². The molecule has 2 nitrogen and oxygen atoms in total. The largest absolute Gasteiger partial charge is 0.385 e. The first-order chi connectivity index (χ1) is 5.33. The molecule has 1 aliphatic heterocycles. The van der Waals surface area contributed by atoms with Gasteiger partial charge in [0, 0.05) is 13.7 Å². The zero-order valence-corrected chi connectivity index (χ0v) is 7.62. The Kier molecular flexibility index (Phi) is 3.22. The maximum absolute atomic E-state index is 8.92. The maximum Gasteiger partial charge on any atom is 0.105 e. The molecule has 1 heterocycles. The first-order valence-corrected chi connectivity index (χ1v) is 4.86. The number of nitrogens with zero attached hydrogens (tertiary/aromatic N) is 1. The molecule has 0 aliphatic carbocycles. The van der Waals surface area contributed by atoms with E-state index in [1.54, 1.807) is 18.9 Å². The fourth-order valence-electron chi connectivity index (χ4n) is 1.31. The average Bonchev–Trinajstić information content (AvgIpc) is 2.50. The number of hydrogen-bond donors (Lipinski definition) is 0. The second kappa shape index (κ2) is 3.99. The minimum atomic E-state index is -0.115. The minimum Gasteiger partial charge on any atom is -0.385 e. The second-order valence-corrected chi connectivity index (χ2v) is 4.28. The summed E-state index contributed by atoms with van der Waals surface area (Å²) < 4.78 is 4.85. The molecule has 1 unspecified atom stereocenters. The van der Waals surface area contributed by atoms with E-state index in [9.17, 15) is 0 Å². The molecule has 0 aromatic heterocycles. The molecule has 11 heavy (non-hydrogen) atoms. The molecule has 1 saturated heterocycles. The van der Waals surface area contributed by atoms with Gasteiger partial charge in [-0.05, 0) is 25.0 Å². The fourth-order valence-corrected chi connectivity index (χ4v) is 2.57. The van der Waals surface area contributed by atoms with Crippen molar-refractivity contribution in [1.82, 2.24) is 0 Å². The number of nitriles is 1. The van der Waals surface area contributed by atoms with Crippen LogP contribution in [0.1, 0.15) is 19.3 Å². The summed E-state index contributed by atoms with van der Waals surface area (Å²) >= 11 is 1.79. The highest BCUT2D eigenvalue weighted by Crippen LogP contribution is 2.40. The lowest BCUT2D eigenvalue weighted by Crippen LogP contribution is -2.20. The lowest BCUT2D eigenvalue weighted by atomic mass is 10.0. The number of thioether (sulfide) groups is 1. The number of methoxy groups -OCH3 is 1. The van der Waals surface area contributed by atoms with E-state index in [1.807, 2.05) is 0 Å². The van der Waals surface area contributed by atoms with Crippen LogP contribution in [0.5, 0.6) is 0 Å². The van der Waals surface area contributed by atoms with Gasteiger partial charge in [0.1, 0.15) is 4.75 Å². The average molecular weight is 171 g/mol. The number of hydrogen-bond acceptors (Lipinski definition) is 3. The molecule has 0 spiro atoms. The van der Waals surface area contributed by atoms with Crippen LogP contribution in [0.4, 0.5) is 0 Å². The van der Waals surface area contributed by atoms with Crippen LogP contribution in [0, 0.1) is 11.3 Å². The number of ether oxygens (including phenoxy) is 1. The predicted octanol–water partition coefficient (Wildman–Crippen LogP) is 1.81. The fraction of sp³-hybridized carbons (Fsp3) is 0.875. The van der Waals surface area contributed by atoms with Crippen LogP contribution in [-0.2, 0) is 4.74 Å². The van der Waals surface area contributed by atoms with E-state index >= 15 is 0 Å². The molecule has 1 aliphatic rings. The topological polar surface area (TPSA) is 33.0 Å². The van der Waals surface area contributed by atoms with Crippen molar-refractivity contribution in [2.45, 2.75) is 24.0 Å². The molecule has 0 aromatic carbocycles. The second-order valence-electron chi connectivity index (χ2n) is 2.80. The van der Waals surface area contributed by atoms with E-state index in [0.29, 0.717) is 6.61 Å². The van der Waals surface area contributed by atoms with Crippen molar-refractivity contribution in [2.24, 2.45) is 0 Å². The van der Waals surface area contributed by atoms with E-state index in [4.69, 9.17) is 10.00 Å². The third-order valence-electron chi connectivity index (χ3n) is 2.02. The Morgan fingerprint density at radius 2 is 2.55 bits per heavy atom. The molecule has 0 N–H and O–H groups in total. The van der Waals surface area contributed by atoms with E-state index in [1.165, 1.54) is 6.42 Å². The first-order valence-electron chi connectivity index (χ1n) is 3.87. The van der Waals surface area contributed by atoms with Crippen LogP contribution in [-0.4, -0.2) is 24.2 Å². The quantitative estimate of drug-likeness (QED) is 0.649. The van der Waals surface area contributed by atoms with Gasteiger partial charge >= 0.3 is 0 Å². The normalized spacial score (nSPS) is 30.2. The standard InChI is InChI=1S/C8H13NOS/c1-10-5-4-8(7-9)3-2-6-11-8/h2-6H2,1H3. The zero-order valence-electron chi connectivity index (χ0n) is 6.80. The Balaban J connectivity index is 2.41. The summed E-state index contributed by atoms with van der Waals surface area (Å²) in [6, 6.07) is 2.40. The van der Waals surface area contributed by atoms with E-state index in [-0.39, 0.29) is 4.75 Å². The van der Waals surface area contributed by atoms with E-state index < -0.39 is 0 Å². The smallest absolute Gasteiger partial charge is 0.105 e. The Morgan fingerprint density at radius 1 is 1.73 bits per heavy atom. The Hall–Kier alpha value is -0.200. The molecule has 0 aromatic rings. The highest BCUT2D eigenvalue weighted by Gasteiger charge is 2.34. The molecule has 0 amide bonds. The van der Waals surface area contributed by atoms with Gasteiger partial charge in [-0.3, -0.25) is 0 Å². The zero-order chi connectivity index (χ0) is 8.16. The van der Waals surface area contributed by atoms with Gasteiger partial charge in [-0.25, -0.2) is 0 Å². The highest BCUT2D eigenvalue weighted by molar-refractivity contribution is 8.01. The van der Waals surface area contributed by atoms with Crippen LogP contribution in [0.3, 0.4) is 0 Å². The predicted molar refractivity (Wildman–Crippen MR) is 46.5 cm³/mol. The van der Waals surface area contributed by atoms with Crippen molar-refractivity contribution in [2.75, 3.05) is 19.5 Å². The van der Waals surface area contributed by atoms with E-state index in [2.05, 4.69) is 6.07 Å². The maximum atomic E-state index is 8.92. The van der Waals surface area contributed by atoms with Gasteiger partial charge < -0.3 is 4.74 Å². The van der Waals surface area contributed by atoms with Gasteiger partial charge in [-0.15, -0.1) is 11.8 Å². The van der Waals surface area contributed by atoms with Crippen LogP contribution in [0.25, 0.3) is 0 Å². The summed E-state index contributed by atoms with van der Waals surface area (Å²) in [7, 11) is 1.69. The summed E-state index contributed by atoms with van der Waals surface area (Å²) in [6.07, 6.45) is 3.10. The summed E-state index contributed by atoms with van der Waals surface area (Å²) in [5.41, 5.74) is 0. The number of rotatable bonds is 3. The Morgan fingerprint density at radius 3 is 3.00 bits per heavy atom. The summed E-state index contributed by atoms with van der Waals surface area (Å²) in [5, 5.41) is 8.92. The van der Waals surface area contributed by atoms with Gasteiger partial charge in [0.05, 0.1) is 6.07 Å². The Bertz CT molecular complexity index is 158. The summed E-state index contributed by atoms with van der Waals surface area (Å²) in [4.78, 5) is 0. The molecule has 1 rings (SSSR count). The Labute approximate surface area is 71.9 Å². The first kappa shape index (κ1) is 8.89. The SMILES string of the molecule is COCCC1(C#N)CCCS1. The van der Waals surface area contributed by atoms with Gasteiger partial charge in [-0.1, -0.05) is 0 Å². The van der Waals surface area contributed by atoms with Crippen molar-refractivity contribution >= 4 is 11.8 Å². The molecule has 1 fully saturated rings. The minimum absolute atomic E-state index is 0.115. The summed E-state index contributed by atoms with van der Waals surface area (Å²) in [6.45, 7) is 0.709. The summed E-state index contributed by atoms with van der Waals surface area (Å²) in [5.74, 6) is 1.14.